The number of nitrogens with zero attached hydrogens (tertiary/aromatic N) is 1. The summed E-state index contributed by atoms with van der Waals surface area (Å²) in [7, 11) is 0. The summed E-state index contributed by atoms with van der Waals surface area (Å²) in [5, 5.41) is 7.44. The van der Waals surface area contributed by atoms with Gasteiger partial charge in [-0.1, -0.05) is 23.7 Å². The molecule has 1 heterocycles. The third kappa shape index (κ3) is 1.59. The number of nitrogens with one attached hydrogen (secondary N) is 1. The van der Waals surface area contributed by atoms with Crippen LogP contribution in [0.1, 0.15) is 5.56 Å². The zero-order chi connectivity index (χ0) is 10.1. The van der Waals surface area contributed by atoms with Gasteiger partial charge in [-0.25, -0.2) is 0 Å². The van der Waals surface area contributed by atoms with Gasteiger partial charge in [0.2, 0.25) is 0 Å². The second-order valence-electron chi connectivity index (χ2n) is 3.17. The minimum atomic E-state index is 0.483. The number of aromatic nitrogens is 2. The summed E-state index contributed by atoms with van der Waals surface area (Å²) in [6, 6.07) is 7.62. The summed E-state index contributed by atoms with van der Waals surface area (Å²) in [5.41, 5.74) is 8.44. The van der Waals surface area contributed by atoms with Crippen molar-refractivity contribution in [1.82, 2.24) is 10.2 Å². The number of nitrogens with two attached hydrogens (primary N) is 1. The topological polar surface area (TPSA) is 54.7 Å². The lowest BCUT2D eigenvalue weighted by Gasteiger charge is -2.00. The van der Waals surface area contributed by atoms with E-state index in [1.807, 2.05) is 25.1 Å². The normalized spacial score (nSPS) is 10.4. The average molecular weight is 208 g/mol. The highest BCUT2D eigenvalue weighted by atomic mass is 35.5. The molecule has 4 heteroatoms. The summed E-state index contributed by atoms with van der Waals surface area (Å²) in [5.74, 6) is 0.483. The van der Waals surface area contributed by atoms with E-state index in [-0.39, 0.29) is 0 Å². The molecule has 0 aliphatic heterocycles. The number of anilines is 1. The number of aromatic amines is 1. The van der Waals surface area contributed by atoms with Crippen molar-refractivity contribution < 1.29 is 0 Å². The molecule has 0 unspecified atom stereocenters. The Kier molecular flexibility index (Phi) is 2.17. The molecule has 0 saturated heterocycles. The second-order valence-corrected chi connectivity index (χ2v) is 3.58. The van der Waals surface area contributed by atoms with Crippen LogP contribution in [0.2, 0.25) is 5.02 Å². The number of hydrogen-bond donors (Lipinski definition) is 2. The van der Waals surface area contributed by atoms with E-state index in [0.717, 1.165) is 21.8 Å². The Morgan fingerprint density at radius 3 is 2.71 bits per heavy atom. The van der Waals surface area contributed by atoms with Crippen molar-refractivity contribution in [2.75, 3.05) is 5.73 Å². The largest absolute Gasteiger partial charge is 0.382 e. The quantitative estimate of drug-likeness (QED) is 0.755. The molecule has 0 spiro atoms. The Labute approximate surface area is 86.9 Å². The molecule has 72 valence electrons. The Morgan fingerprint density at radius 1 is 1.36 bits per heavy atom. The Morgan fingerprint density at radius 2 is 2.14 bits per heavy atom. The van der Waals surface area contributed by atoms with Crippen LogP contribution in [0.3, 0.4) is 0 Å². The third-order valence-corrected chi connectivity index (χ3v) is 2.49. The second kappa shape index (κ2) is 3.35. The van der Waals surface area contributed by atoms with Crippen molar-refractivity contribution >= 4 is 17.4 Å². The van der Waals surface area contributed by atoms with Crippen molar-refractivity contribution in [1.29, 1.82) is 0 Å². The van der Waals surface area contributed by atoms with Crippen molar-refractivity contribution in [3.05, 3.63) is 34.9 Å². The zero-order valence-electron chi connectivity index (χ0n) is 7.71. The third-order valence-electron chi connectivity index (χ3n) is 2.08. The van der Waals surface area contributed by atoms with Crippen molar-refractivity contribution in [3.63, 3.8) is 0 Å². The fourth-order valence-corrected chi connectivity index (χ4v) is 1.43. The monoisotopic (exact) mass is 207 g/mol. The van der Waals surface area contributed by atoms with Gasteiger partial charge in [-0.05, 0) is 18.6 Å². The molecule has 0 fully saturated rings. The molecule has 0 aliphatic rings. The molecule has 2 aromatic rings. The number of aryl methyl sites for hydroxylation is 1. The maximum atomic E-state index is 6.00. The Balaban J connectivity index is 2.47. The van der Waals surface area contributed by atoms with Crippen LogP contribution >= 0.6 is 11.6 Å². The maximum Gasteiger partial charge on any atom is 0.145 e. The SMILES string of the molecule is Cc1ccc(-c2cc(N)n[nH]2)cc1Cl. The molecule has 3 N–H and O–H groups in total. The number of nitrogen functional groups attached to an aromatic ring is 1. The zero-order valence-corrected chi connectivity index (χ0v) is 8.47. The van der Waals surface area contributed by atoms with Gasteiger partial charge in [-0.15, -0.1) is 0 Å². The van der Waals surface area contributed by atoms with Crippen molar-refractivity contribution in [3.8, 4) is 11.3 Å². The molecule has 3 nitrogen and oxygen atoms in total. The van der Waals surface area contributed by atoms with Gasteiger partial charge in [0.25, 0.3) is 0 Å². The number of H-pyrrole nitrogens is 1. The molecule has 1 aromatic heterocycles. The van der Waals surface area contributed by atoms with Gasteiger partial charge in [0.05, 0.1) is 5.69 Å². The first kappa shape index (κ1) is 9.09. The smallest absolute Gasteiger partial charge is 0.145 e. The molecular formula is C10H10ClN3. The van der Waals surface area contributed by atoms with Crippen LogP contribution in [0.25, 0.3) is 11.3 Å². The first-order chi connectivity index (χ1) is 6.66. The van der Waals surface area contributed by atoms with Crippen LogP contribution in [-0.2, 0) is 0 Å². The number of rotatable bonds is 1. The standard InChI is InChI=1S/C10H10ClN3/c1-6-2-3-7(4-8(6)11)9-5-10(12)14-13-9/h2-5H,1H3,(H3,12,13,14). The van der Waals surface area contributed by atoms with E-state index in [9.17, 15) is 0 Å². The molecular weight excluding hydrogens is 198 g/mol. The van der Waals surface area contributed by atoms with Crippen LogP contribution < -0.4 is 5.73 Å². The van der Waals surface area contributed by atoms with Crippen molar-refractivity contribution in [2.45, 2.75) is 6.92 Å². The van der Waals surface area contributed by atoms with Gasteiger partial charge in [0, 0.05) is 16.7 Å². The summed E-state index contributed by atoms with van der Waals surface area (Å²) in [6.07, 6.45) is 0. The van der Waals surface area contributed by atoms with E-state index >= 15 is 0 Å². The van der Waals surface area contributed by atoms with E-state index in [4.69, 9.17) is 17.3 Å². The Hall–Kier alpha value is -1.48. The van der Waals surface area contributed by atoms with Crippen LogP contribution in [0.4, 0.5) is 5.82 Å². The highest BCUT2D eigenvalue weighted by molar-refractivity contribution is 6.31. The van der Waals surface area contributed by atoms with Gasteiger partial charge in [0.15, 0.2) is 0 Å². The van der Waals surface area contributed by atoms with E-state index in [1.165, 1.54) is 0 Å². The molecule has 14 heavy (non-hydrogen) atoms. The van der Waals surface area contributed by atoms with Crippen molar-refractivity contribution in [2.24, 2.45) is 0 Å². The maximum absolute atomic E-state index is 6.00. The lowest BCUT2D eigenvalue weighted by Crippen LogP contribution is -1.81. The minimum Gasteiger partial charge on any atom is -0.382 e. The van der Waals surface area contributed by atoms with Gasteiger partial charge < -0.3 is 5.73 Å². The molecule has 0 atom stereocenters. The number of hydrogen-bond acceptors (Lipinski definition) is 2. The fraction of sp³-hybridized carbons (Fsp3) is 0.100. The number of benzene rings is 1. The van der Waals surface area contributed by atoms with Crippen LogP contribution in [-0.4, -0.2) is 10.2 Å². The average Bonchev–Trinajstić information content (AvgIpc) is 2.57. The first-order valence-electron chi connectivity index (χ1n) is 4.24. The lowest BCUT2D eigenvalue weighted by atomic mass is 10.1. The molecule has 0 radical (unpaired) electrons. The van der Waals surface area contributed by atoms with E-state index < -0.39 is 0 Å². The fourth-order valence-electron chi connectivity index (χ4n) is 1.25. The minimum absolute atomic E-state index is 0.483. The van der Waals surface area contributed by atoms with Gasteiger partial charge in [-0.2, -0.15) is 5.10 Å². The molecule has 2 rings (SSSR count). The summed E-state index contributed by atoms with van der Waals surface area (Å²) in [4.78, 5) is 0. The van der Waals surface area contributed by atoms with Gasteiger partial charge in [0.1, 0.15) is 5.82 Å². The van der Waals surface area contributed by atoms with E-state index in [2.05, 4.69) is 10.2 Å². The van der Waals surface area contributed by atoms with Crippen LogP contribution in [0.5, 0.6) is 0 Å². The van der Waals surface area contributed by atoms with E-state index in [0.29, 0.717) is 5.82 Å². The summed E-state index contributed by atoms with van der Waals surface area (Å²) < 4.78 is 0. The van der Waals surface area contributed by atoms with Crippen LogP contribution in [0, 0.1) is 6.92 Å². The van der Waals surface area contributed by atoms with Crippen LogP contribution in [0.15, 0.2) is 24.3 Å². The predicted octanol–water partition coefficient (Wildman–Crippen LogP) is 2.62. The molecule has 1 aromatic carbocycles. The Bertz CT molecular complexity index is 462. The highest BCUT2D eigenvalue weighted by Gasteiger charge is 2.03. The molecule has 0 saturated carbocycles. The first-order valence-corrected chi connectivity index (χ1v) is 4.62. The number of halogens is 1. The van der Waals surface area contributed by atoms with E-state index in [1.54, 1.807) is 6.07 Å². The summed E-state index contributed by atoms with van der Waals surface area (Å²) >= 11 is 6.00. The molecule has 0 bridgehead atoms. The molecule has 0 aliphatic carbocycles. The van der Waals surface area contributed by atoms with Gasteiger partial charge >= 0.3 is 0 Å². The summed E-state index contributed by atoms with van der Waals surface area (Å²) in [6.45, 7) is 1.97. The lowest BCUT2D eigenvalue weighted by molar-refractivity contribution is 1.10. The van der Waals surface area contributed by atoms with Gasteiger partial charge in [-0.3, -0.25) is 5.10 Å². The molecule has 0 amide bonds. The highest BCUT2D eigenvalue weighted by Crippen LogP contribution is 2.24. The predicted molar refractivity (Wildman–Crippen MR) is 58.2 cm³/mol.